The summed E-state index contributed by atoms with van der Waals surface area (Å²) in [6.07, 6.45) is 3.63. The number of rotatable bonds is 2. The summed E-state index contributed by atoms with van der Waals surface area (Å²) >= 11 is 3.33. The highest BCUT2D eigenvalue weighted by Gasteiger charge is 2.21. The van der Waals surface area contributed by atoms with E-state index in [1.807, 2.05) is 17.0 Å². The number of nitrogens with zero attached hydrogens (tertiary/aromatic N) is 2. The smallest absolute Gasteiger partial charge is 0.219 e. The summed E-state index contributed by atoms with van der Waals surface area (Å²) in [7, 11) is 0. The van der Waals surface area contributed by atoms with E-state index in [2.05, 4.69) is 20.9 Å². The molecule has 1 aliphatic rings. The van der Waals surface area contributed by atoms with Gasteiger partial charge in [-0.1, -0.05) is 0 Å². The van der Waals surface area contributed by atoms with Crippen LogP contribution in [0.4, 0.5) is 0 Å². The predicted molar refractivity (Wildman–Crippen MR) is 67.8 cm³/mol. The summed E-state index contributed by atoms with van der Waals surface area (Å²) in [5.74, 6) is 0.791. The normalized spacial score (nSPS) is 16.9. The molecule has 1 aliphatic heterocycles. The largest absolute Gasteiger partial charge is 0.474 e. The second kappa shape index (κ2) is 5.49. The first kappa shape index (κ1) is 12.4. The summed E-state index contributed by atoms with van der Waals surface area (Å²) in [5.41, 5.74) is 0. The Bertz CT molecular complexity index is 386. The van der Waals surface area contributed by atoms with Gasteiger partial charge in [0.05, 0.1) is 0 Å². The van der Waals surface area contributed by atoms with Crippen LogP contribution in [0.25, 0.3) is 0 Å². The minimum atomic E-state index is 0.144. The number of aromatic nitrogens is 1. The summed E-state index contributed by atoms with van der Waals surface area (Å²) < 4.78 is 6.71. The van der Waals surface area contributed by atoms with E-state index in [4.69, 9.17) is 4.74 Å². The Kier molecular flexibility index (Phi) is 3.99. The topological polar surface area (TPSA) is 42.4 Å². The SMILES string of the molecule is CC(=O)N1CCC(Oc2ccc(Br)cn2)CC1. The van der Waals surface area contributed by atoms with E-state index in [9.17, 15) is 4.79 Å². The summed E-state index contributed by atoms with van der Waals surface area (Å²) in [6, 6.07) is 3.76. The van der Waals surface area contributed by atoms with Crippen LogP contribution in [0.2, 0.25) is 0 Å². The standard InChI is InChI=1S/C12H15BrN2O2/c1-9(16)15-6-4-11(5-7-15)17-12-3-2-10(13)8-14-12/h2-3,8,11H,4-7H2,1H3. The summed E-state index contributed by atoms with van der Waals surface area (Å²) in [5, 5.41) is 0. The first-order valence-corrected chi connectivity index (χ1v) is 6.48. The lowest BCUT2D eigenvalue weighted by Crippen LogP contribution is -2.40. The van der Waals surface area contributed by atoms with Crippen molar-refractivity contribution in [3.05, 3.63) is 22.8 Å². The fraction of sp³-hybridized carbons (Fsp3) is 0.500. The average Bonchev–Trinajstić information content (AvgIpc) is 2.33. The highest BCUT2D eigenvalue weighted by Crippen LogP contribution is 2.18. The molecule has 0 saturated carbocycles. The molecule has 17 heavy (non-hydrogen) atoms. The molecule has 0 aliphatic carbocycles. The molecule has 0 aromatic carbocycles. The van der Waals surface area contributed by atoms with Crippen molar-refractivity contribution in [2.24, 2.45) is 0 Å². The van der Waals surface area contributed by atoms with Crippen LogP contribution in [0.1, 0.15) is 19.8 Å². The first-order chi connectivity index (χ1) is 8.15. The molecule has 5 heteroatoms. The van der Waals surface area contributed by atoms with E-state index in [1.54, 1.807) is 13.1 Å². The van der Waals surface area contributed by atoms with Gasteiger partial charge in [0.1, 0.15) is 6.10 Å². The van der Waals surface area contributed by atoms with Crippen molar-refractivity contribution in [3.63, 3.8) is 0 Å². The van der Waals surface area contributed by atoms with Crippen LogP contribution in [0.3, 0.4) is 0 Å². The Balaban J connectivity index is 1.85. The third-order valence-electron chi connectivity index (χ3n) is 2.87. The van der Waals surface area contributed by atoms with Crippen molar-refractivity contribution in [2.45, 2.75) is 25.9 Å². The maximum Gasteiger partial charge on any atom is 0.219 e. The Hall–Kier alpha value is -1.10. The Morgan fingerprint density at radius 3 is 2.71 bits per heavy atom. The van der Waals surface area contributed by atoms with Crippen LogP contribution in [-0.2, 0) is 4.79 Å². The molecule has 1 saturated heterocycles. The Morgan fingerprint density at radius 2 is 2.18 bits per heavy atom. The molecule has 0 unspecified atom stereocenters. The number of pyridine rings is 1. The van der Waals surface area contributed by atoms with Gasteiger partial charge in [0, 0.05) is 49.6 Å². The van der Waals surface area contributed by atoms with Crippen molar-refractivity contribution in [2.75, 3.05) is 13.1 Å². The lowest BCUT2D eigenvalue weighted by molar-refractivity contribution is -0.130. The quantitative estimate of drug-likeness (QED) is 0.841. The van der Waals surface area contributed by atoms with Crippen molar-refractivity contribution in [1.82, 2.24) is 9.88 Å². The predicted octanol–water partition coefficient (Wildman–Crippen LogP) is 2.23. The van der Waals surface area contributed by atoms with Gasteiger partial charge in [0.25, 0.3) is 0 Å². The molecule has 0 N–H and O–H groups in total. The fourth-order valence-electron chi connectivity index (χ4n) is 1.89. The maximum atomic E-state index is 11.2. The zero-order valence-corrected chi connectivity index (χ0v) is 11.3. The van der Waals surface area contributed by atoms with Crippen molar-refractivity contribution in [1.29, 1.82) is 0 Å². The van der Waals surface area contributed by atoms with Crippen LogP contribution in [-0.4, -0.2) is 35.0 Å². The highest BCUT2D eigenvalue weighted by atomic mass is 79.9. The molecule has 0 radical (unpaired) electrons. The fourth-order valence-corrected chi connectivity index (χ4v) is 2.13. The van der Waals surface area contributed by atoms with Crippen molar-refractivity contribution in [3.8, 4) is 5.88 Å². The maximum absolute atomic E-state index is 11.2. The molecular weight excluding hydrogens is 284 g/mol. The number of likely N-dealkylation sites (tertiary alicyclic amines) is 1. The van der Waals surface area contributed by atoms with E-state index in [0.29, 0.717) is 5.88 Å². The van der Waals surface area contributed by atoms with Gasteiger partial charge in [-0.25, -0.2) is 4.98 Å². The molecule has 1 aromatic rings. The van der Waals surface area contributed by atoms with Crippen LogP contribution in [0.15, 0.2) is 22.8 Å². The van der Waals surface area contributed by atoms with Gasteiger partial charge in [0.2, 0.25) is 11.8 Å². The molecule has 2 heterocycles. The third-order valence-corrected chi connectivity index (χ3v) is 3.34. The molecule has 1 amide bonds. The molecule has 0 bridgehead atoms. The Labute approximate surface area is 109 Å². The number of carbonyl (C=O) groups excluding carboxylic acids is 1. The average molecular weight is 299 g/mol. The molecule has 0 atom stereocenters. The van der Waals surface area contributed by atoms with Gasteiger partial charge in [-0.15, -0.1) is 0 Å². The number of carbonyl (C=O) groups is 1. The van der Waals surface area contributed by atoms with E-state index < -0.39 is 0 Å². The Morgan fingerprint density at radius 1 is 1.47 bits per heavy atom. The number of hydrogen-bond donors (Lipinski definition) is 0. The zero-order valence-electron chi connectivity index (χ0n) is 9.73. The number of hydrogen-bond acceptors (Lipinski definition) is 3. The second-order valence-electron chi connectivity index (χ2n) is 4.14. The van der Waals surface area contributed by atoms with E-state index in [-0.39, 0.29) is 12.0 Å². The van der Waals surface area contributed by atoms with Crippen molar-refractivity contribution >= 4 is 21.8 Å². The van der Waals surface area contributed by atoms with E-state index in [0.717, 1.165) is 30.4 Å². The number of ether oxygens (including phenoxy) is 1. The zero-order chi connectivity index (χ0) is 12.3. The molecular formula is C12H15BrN2O2. The molecule has 1 aromatic heterocycles. The minimum Gasteiger partial charge on any atom is -0.474 e. The van der Waals surface area contributed by atoms with Crippen LogP contribution in [0, 0.1) is 0 Å². The number of halogens is 1. The molecule has 2 rings (SSSR count). The lowest BCUT2D eigenvalue weighted by Gasteiger charge is -2.31. The summed E-state index contributed by atoms with van der Waals surface area (Å²) in [4.78, 5) is 17.2. The molecule has 1 fully saturated rings. The lowest BCUT2D eigenvalue weighted by atomic mass is 10.1. The van der Waals surface area contributed by atoms with E-state index in [1.165, 1.54) is 0 Å². The van der Waals surface area contributed by atoms with Gasteiger partial charge in [-0.2, -0.15) is 0 Å². The first-order valence-electron chi connectivity index (χ1n) is 5.69. The van der Waals surface area contributed by atoms with E-state index >= 15 is 0 Å². The molecule has 92 valence electrons. The molecule has 0 spiro atoms. The van der Waals surface area contributed by atoms with Crippen LogP contribution >= 0.6 is 15.9 Å². The molecule has 4 nitrogen and oxygen atoms in total. The van der Waals surface area contributed by atoms with Gasteiger partial charge < -0.3 is 9.64 Å². The van der Waals surface area contributed by atoms with Gasteiger partial charge in [-0.05, 0) is 22.0 Å². The van der Waals surface area contributed by atoms with Gasteiger partial charge in [0.15, 0.2) is 0 Å². The number of amides is 1. The summed E-state index contributed by atoms with van der Waals surface area (Å²) in [6.45, 7) is 3.16. The van der Waals surface area contributed by atoms with Crippen LogP contribution < -0.4 is 4.74 Å². The third kappa shape index (κ3) is 3.43. The van der Waals surface area contributed by atoms with Gasteiger partial charge in [-0.3, -0.25) is 4.79 Å². The minimum absolute atomic E-state index is 0.144. The van der Waals surface area contributed by atoms with Gasteiger partial charge >= 0.3 is 0 Å². The van der Waals surface area contributed by atoms with Crippen molar-refractivity contribution < 1.29 is 9.53 Å². The number of piperidine rings is 1. The highest BCUT2D eigenvalue weighted by molar-refractivity contribution is 9.10. The van der Waals surface area contributed by atoms with Crippen LogP contribution in [0.5, 0.6) is 5.88 Å². The second-order valence-corrected chi connectivity index (χ2v) is 5.05. The monoisotopic (exact) mass is 298 g/mol.